The molecule has 3 rings (SSSR count). The van der Waals surface area contributed by atoms with Crippen LogP contribution in [-0.2, 0) is 29.2 Å². The van der Waals surface area contributed by atoms with Crippen molar-refractivity contribution in [3.63, 3.8) is 0 Å². The molecule has 0 radical (unpaired) electrons. The summed E-state index contributed by atoms with van der Waals surface area (Å²) in [4.78, 5) is 14.6. The molecule has 1 fully saturated rings. The third-order valence-electron chi connectivity index (χ3n) is 4.23. The average molecular weight is 344 g/mol. The van der Waals surface area contributed by atoms with Gasteiger partial charge in [-0.25, -0.2) is 0 Å². The molecule has 1 saturated heterocycles. The standard InChI is InChI=1S/C19H24N2O4/c1-23-14-17-6-7-18(25-17)19(22)20-12-15-4-2-3-5-16(15)13-21-8-10-24-11-9-21/h2-7H,8-14H2,1H3,(H,20,22). The first-order valence-electron chi connectivity index (χ1n) is 8.49. The van der Waals surface area contributed by atoms with Crippen LogP contribution in [0.4, 0.5) is 0 Å². The van der Waals surface area contributed by atoms with Crippen LogP contribution in [0.25, 0.3) is 0 Å². The van der Waals surface area contributed by atoms with Gasteiger partial charge in [-0.3, -0.25) is 9.69 Å². The van der Waals surface area contributed by atoms with E-state index in [0.29, 0.717) is 24.7 Å². The Hall–Kier alpha value is -2.15. The van der Waals surface area contributed by atoms with E-state index >= 15 is 0 Å². The maximum Gasteiger partial charge on any atom is 0.287 e. The Morgan fingerprint density at radius 2 is 1.92 bits per heavy atom. The SMILES string of the molecule is COCc1ccc(C(=O)NCc2ccccc2CN2CCOCC2)o1. The Kier molecular flexibility index (Phi) is 6.22. The van der Waals surface area contributed by atoms with Crippen molar-refractivity contribution in [2.45, 2.75) is 19.7 Å². The molecule has 25 heavy (non-hydrogen) atoms. The Morgan fingerprint density at radius 1 is 1.16 bits per heavy atom. The average Bonchev–Trinajstić information content (AvgIpc) is 3.11. The minimum Gasteiger partial charge on any atom is -0.453 e. The fourth-order valence-electron chi connectivity index (χ4n) is 2.87. The first kappa shape index (κ1) is 17.7. The minimum atomic E-state index is -0.219. The zero-order chi connectivity index (χ0) is 17.5. The van der Waals surface area contributed by atoms with Crippen molar-refractivity contribution in [2.75, 3.05) is 33.4 Å². The van der Waals surface area contributed by atoms with Crippen LogP contribution >= 0.6 is 0 Å². The Morgan fingerprint density at radius 3 is 2.68 bits per heavy atom. The molecule has 1 N–H and O–H groups in total. The van der Waals surface area contributed by atoms with Gasteiger partial charge < -0.3 is 19.2 Å². The summed E-state index contributed by atoms with van der Waals surface area (Å²) in [5, 5.41) is 2.93. The van der Waals surface area contributed by atoms with Crippen LogP contribution in [0.15, 0.2) is 40.8 Å². The quantitative estimate of drug-likeness (QED) is 0.834. The molecule has 0 unspecified atom stereocenters. The molecular weight excluding hydrogens is 320 g/mol. The molecule has 1 amide bonds. The lowest BCUT2D eigenvalue weighted by atomic mass is 10.1. The number of rotatable bonds is 7. The Bertz CT molecular complexity index is 692. The summed E-state index contributed by atoms with van der Waals surface area (Å²) in [6, 6.07) is 11.6. The summed E-state index contributed by atoms with van der Waals surface area (Å²) < 4.78 is 15.9. The molecule has 0 atom stereocenters. The predicted molar refractivity (Wildman–Crippen MR) is 93.1 cm³/mol. The van der Waals surface area contributed by atoms with Gasteiger partial charge in [0, 0.05) is 33.3 Å². The van der Waals surface area contributed by atoms with Crippen LogP contribution in [0.2, 0.25) is 0 Å². The number of carbonyl (C=O) groups excluding carboxylic acids is 1. The molecule has 0 spiro atoms. The maximum absolute atomic E-state index is 12.3. The Labute approximate surface area is 147 Å². The van der Waals surface area contributed by atoms with E-state index in [9.17, 15) is 4.79 Å². The second kappa shape index (κ2) is 8.80. The van der Waals surface area contributed by atoms with Gasteiger partial charge in [-0.2, -0.15) is 0 Å². The van der Waals surface area contributed by atoms with Gasteiger partial charge in [0.25, 0.3) is 5.91 Å². The second-order valence-electron chi connectivity index (χ2n) is 6.04. The largest absolute Gasteiger partial charge is 0.453 e. The summed E-state index contributed by atoms with van der Waals surface area (Å²) in [5.74, 6) is 0.724. The van der Waals surface area contributed by atoms with Crippen molar-refractivity contribution >= 4 is 5.91 Å². The highest BCUT2D eigenvalue weighted by molar-refractivity contribution is 5.91. The lowest BCUT2D eigenvalue weighted by Crippen LogP contribution is -2.36. The van der Waals surface area contributed by atoms with Gasteiger partial charge in [-0.1, -0.05) is 24.3 Å². The zero-order valence-corrected chi connectivity index (χ0v) is 14.5. The Balaban J connectivity index is 1.59. The number of amides is 1. The van der Waals surface area contributed by atoms with Crippen LogP contribution in [0, 0.1) is 0 Å². The molecule has 2 heterocycles. The molecule has 1 aliphatic heterocycles. The molecule has 134 valence electrons. The van der Waals surface area contributed by atoms with Gasteiger partial charge in [-0.15, -0.1) is 0 Å². The van der Waals surface area contributed by atoms with E-state index in [1.807, 2.05) is 12.1 Å². The molecule has 1 aromatic heterocycles. The summed E-state index contributed by atoms with van der Waals surface area (Å²) in [6.07, 6.45) is 0. The molecule has 0 saturated carbocycles. The van der Waals surface area contributed by atoms with Crippen molar-refractivity contribution in [3.8, 4) is 0 Å². The third-order valence-corrected chi connectivity index (χ3v) is 4.23. The maximum atomic E-state index is 12.3. The molecule has 6 heteroatoms. The van der Waals surface area contributed by atoms with Gasteiger partial charge in [0.2, 0.25) is 0 Å². The van der Waals surface area contributed by atoms with Gasteiger partial charge >= 0.3 is 0 Å². The molecule has 0 bridgehead atoms. The summed E-state index contributed by atoms with van der Waals surface area (Å²) >= 11 is 0. The number of hydrogen-bond acceptors (Lipinski definition) is 5. The summed E-state index contributed by atoms with van der Waals surface area (Å²) in [7, 11) is 1.59. The molecule has 0 aliphatic carbocycles. The molecule has 2 aromatic rings. The number of furan rings is 1. The van der Waals surface area contributed by atoms with Crippen molar-refractivity contribution in [2.24, 2.45) is 0 Å². The van der Waals surface area contributed by atoms with Crippen molar-refractivity contribution in [1.29, 1.82) is 0 Å². The highest BCUT2D eigenvalue weighted by Gasteiger charge is 2.14. The highest BCUT2D eigenvalue weighted by atomic mass is 16.5. The van der Waals surface area contributed by atoms with Gasteiger partial charge in [-0.05, 0) is 23.3 Å². The minimum absolute atomic E-state index is 0.219. The molecule has 6 nitrogen and oxygen atoms in total. The van der Waals surface area contributed by atoms with Crippen LogP contribution in [0.5, 0.6) is 0 Å². The smallest absolute Gasteiger partial charge is 0.287 e. The molecular formula is C19H24N2O4. The monoisotopic (exact) mass is 344 g/mol. The summed E-state index contributed by atoms with van der Waals surface area (Å²) in [6.45, 7) is 5.14. The van der Waals surface area contributed by atoms with Gasteiger partial charge in [0.1, 0.15) is 12.4 Å². The van der Waals surface area contributed by atoms with Gasteiger partial charge in [0.05, 0.1) is 13.2 Å². The number of ether oxygens (including phenoxy) is 2. The van der Waals surface area contributed by atoms with Crippen LogP contribution in [-0.4, -0.2) is 44.2 Å². The van der Waals surface area contributed by atoms with Crippen LogP contribution in [0.3, 0.4) is 0 Å². The second-order valence-corrected chi connectivity index (χ2v) is 6.04. The molecule has 1 aliphatic rings. The first-order valence-corrected chi connectivity index (χ1v) is 8.49. The van der Waals surface area contributed by atoms with Crippen molar-refractivity contribution in [3.05, 3.63) is 59.0 Å². The highest BCUT2D eigenvalue weighted by Crippen LogP contribution is 2.14. The van der Waals surface area contributed by atoms with E-state index in [0.717, 1.165) is 38.4 Å². The van der Waals surface area contributed by atoms with E-state index in [4.69, 9.17) is 13.9 Å². The number of carbonyl (C=O) groups is 1. The van der Waals surface area contributed by atoms with E-state index in [1.165, 1.54) is 5.56 Å². The zero-order valence-electron chi connectivity index (χ0n) is 14.5. The van der Waals surface area contributed by atoms with Crippen LogP contribution in [0.1, 0.15) is 27.4 Å². The van der Waals surface area contributed by atoms with E-state index < -0.39 is 0 Å². The summed E-state index contributed by atoms with van der Waals surface area (Å²) in [5.41, 5.74) is 2.34. The number of methoxy groups -OCH3 is 1. The fourth-order valence-corrected chi connectivity index (χ4v) is 2.87. The third kappa shape index (κ3) is 4.92. The lowest BCUT2D eigenvalue weighted by molar-refractivity contribution is 0.0340. The molecule has 1 aromatic carbocycles. The van der Waals surface area contributed by atoms with Crippen molar-refractivity contribution in [1.82, 2.24) is 10.2 Å². The fraction of sp³-hybridized carbons (Fsp3) is 0.421. The predicted octanol–water partition coefficient (Wildman–Crippen LogP) is 2.19. The topological polar surface area (TPSA) is 63.9 Å². The van der Waals surface area contributed by atoms with E-state index in [-0.39, 0.29) is 5.91 Å². The van der Waals surface area contributed by atoms with E-state index in [1.54, 1.807) is 19.2 Å². The van der Waals surface area contributed by atoms with Gasteiger partial charge in [0.15, 0.2) is 5.76 Å². The van der Waals surface area contributed by atoms with E-state index in [2.05, 4.69) is 22.3 Å². The number of nitrogens with zero attached hydrogens (tertiary/aromatic N) is 1. The van der Waals surface area contributed by atoms with Crippen LogP contribution < -0.4 is 5.32 Å². The number of morpholine rings is 1. The normalized spacial score (nSPS) is 15.2. The number of benzene rings is 1. The lowest BCUT2D eigenvalue weighted by Gasteiger charge is -2.27. The number of nitrogens with one attached hydrogen (secondary N) is 1. The number of hydrogen-bond donors (Lipinski definition) is 1. The van der Waals surface area contributed by atoms with Crippen molar-refractivity contribution < 1.29 is 18.7 Å². The first-order chi connectivity index (χ1) is 12.3.